The lowest BCUT2D eigenvalue weighted by Crippen LogP contribution is -2.46. The first kappa shape index (κ1) is 26.3. The van der Waals surface area contributed by atoms with Crippen molar-refractivity contribution >= 4 is 36.5 Å². The molecule has 10 nitrogen and oxygen atoms in total. The molecule has 0 saturated heterocycles. The van der Waals surface area contributed by atoms with E-state index < -0.39 is 31.9 Å². The molecule has 0 aromatic heterocycles. The second kappa shape index (κ2) is 12.2. The van der Waals surface area contributed by atoms with Gasteiger partial charge in [-0.2, -0.15) is 0 Å². The third-order valence-electron chi connectivity index (χ3n) is 3.91. The van der Waals surface area contributed by atoms with Crippen molar-refractivity contribution in [2.75, 3.05) is 25.4 Å². The fraction of sp³-hybridized carbons (Fsp3) is 0.500. The fourth-order valence-corrected chi connectivity index (χ4v) is 3.35. The Bertz CT molecular complexity index is 769. The predicted octanol–water partition coefficient (Wildman–Crippen LogP) is 0.679. The molecular weight excluding hydrogens is 435 g/mol. The van der Waals surface area contributed by atoms with E-state index in [2.05, 4.69) is 15.2 Å². The molecule has 0 unspecified atom stereocenters. The number of phosphoric ester groups is 1. The maximum Gasteiger partial charge on any atom is 0.469 e. The third-order valence-corrected chi connectivity index (χ3v) is 5.28. The minimum absolute atomic E-state index is 0.0326. The van der Waals surface area contributed by atoms with Crippen LogP contribution in [-0.4, -0.2) is 63.4 Å². The molecule has 0 spiro atoms. The summed E-state index contributed by atoms with van der Waals surface area (Å²) in [5.74, 6) is -0.717. The number of rotatable bonds is 12. The van der Waals surface area contributed by atoms with Crippen LogP contribution < -0.4 is 10.6 Å². The third kappa shape index (κ3) is 10.3. The van der Waals surface area contributed by atoms with E-state index in [4.69, 9.17) is 9.79 Å². The zero-order chi connectivity index (χ0) is 22.8. The van der Waals surface area contributed by atoms with Gasteiger partial charge >= 0.3 is 7.82 Å². The summed E-state index contributed by atoms with van der Waals surface area (Å²) in [5.41, 5.74) is -0.667. The number of carbonyl (C=O) groups is 3. The Balaban J connectivity index is 2.24. The van der Waals surface area contributed by atoms with E-state index in [1.54, 1.807) is 24.3 Å². The van der Waals surface area contributed by atoms with Crippen LogP contribution >= 0.6 is 19.6 Å². The van der Waals surface area contributed by atoms with Crippen LogP contribution in [0.15, 0.2) is 30.3 Å². The second-order valence-corrected chi connectivity index (χ2v) is 9.36. The summed E-state index contributed by atoms with van der Waals surface area (Å²) in [5, 5.41) is 15.0. The van der Waals surface area contributed by atoms with Gasteiger partial charge in [-0.3, -0.25) is 18.9 Å². The van der Waals surface area contributed by atoms with E-state index in [0.29, 0.717) is 11.3 Å². The number of nitrogens with one attached hydrogen (secondary N) is 2. The first-order valence-electron chi connectivity index (χ1n) is 9.07. The van der Waals surface area contributed by atoms with Crippen LogP contribution in [0.3, 0.4) is 0 Å². The van der Waals surface area contributed by atoms with Gasteiger partial charge in [0.1, 0.15) is 6.10 Å². The van der Waals surface area contributed by atoms with E-state index in [1.165, 1.54) is 13.8 Å². The first-order valence-corrected chi connectivity index (χ1v) is 11.6. The van der Waals surface area contributed by atoms with Gasteiger partial charge in [0.05, 0.1) is 6.61 Å². The average Bonchev–Trinajstić information content (AvgIpc) is 2.69. The van der Waals surface area contributed by atoms with Crippen molar-refractivity contribution < 1.29 is 38.4 Å². The normalized spacial score (nSPS) is 12.8. The molecule has 0 fully saturated rings. The van der Waals surface area contributed by atoms with Gasteiger partial charge < -0.3 is 25.5 Å². The minimum atomic E-state index is -4.72. The molecule has 0 radical (unpaired) electrons. The zero-order valence-electron chi connectivity index (χ0n) is 16.7. The fourth-order valence-electron chi connectivity index (χ4n) is 2.16. The molecule has 30 heavy (non-hydrogen) atoms. The number of benzene rings is 1. The molecular formula is C18H27N2O8PS. The number of amides is 2. The Labute approximate surface area is 179 Å². The Morgan fingerprint density at radius 2 is 1.77 bits per heavy atom. The van der Waals surface area contributed by atoms with Crippen LogP contribution in [0, 0.1) is 5.41 Å². The maximum atomic E-state index is 12.0. The molecule has 168 valence electrons. The van der Waals surface area contributed by atoms with Gasteiger partial charge in [0, 0.05) is 36.2 Å². The molecule has 5 N–H and O–H groups in total. The number of carbonyl (C=O) groups excluding carboxylic acids is 3. The molecule has 2 amide bonds. The summed E-state index contributed by atoms with van der Waals surface area (Å²) in [6.07, 6.45) is -1.62. The summed E-state index contributed by atoms with van der Waals surface area (Å²) in [6, 6.07) is 8.78. The van der Waals surface area contributed by atoms with Gasteiger partial charge in [0.15, 0.2) is 0 Å². The van der Waals surface area contributed by atoms with Gasteiger partial charge in [-0.05, 0) is 0 Å². The molecule has 1 rings (SSSR count). The van der Waals surface area contributed by atoms with E-state index in [1.807, 2.05) is 6.07 Å². The molecule has 0 bridgehead atoms. The zero-order valence-corrected chi connectivity index (χ0v) is 18.4. The minimum Gasteiger partial charge on any atom is -0.383 e. The monoisotopic (exact) mass is 462 g/mol. The van der Waals surface area contributed by atoms with Crippen LogP contribution in [-0.2, 0) is 18.7 Å². The largest absolute Gasteiger partial charge is 0.469 e. The number of hydrogen-bond acceptors (Lipinski definition) is 7. The number of aliphatic hydroxyl groups is 1. The lowest BCUT2D eigenvalue weighted by molar-refractivity contribution is -0.137. The molecule has 0 saturated carbocycles. The number of thioether (sulfide) groups is 1. The Morgan fingerprint density at radius 1 is 1.13 bits per heavy atom. The van der Waals surface area contributed by atoms with Crippen molar-refractivity contribution in [1.82, 2.24) is 10.6 Å². The van der Waals surface area contributed by atoms with Gasteiger partial charge in [0.25, 0.3) is 0 Å². The van der Waals surface area contributed by atoms with Crippen molar-refractivity contribution in [1.29, 1.82) is 0 Å². The van der Waals surface area contributed by atoms with Crippen LogP contribution in [0.1, 0.15) is 30.6 Å². The van der Waals surface area contributed by atoms with E-state index in [9.17, 15) is 24.1 Å². The molecule has 0 aliphatic rings. The van der Waals surface area contributed by atoms with Crippen molar-refractivity contribution in [3.63, 3.8) is 0 Å². The summed E-state index contributed by atoms with van der Waals surface area (Å²) < 4.78 is 15.1. The Morgan fingerprint density at radius 3 is 2.37 bits per heavy atom. The molecule has 0 aliphatic carbocycles. The standard InChI is InChI=1S/C18H27N2O8PS/c1-18(2,12-28-29(25,26)27)15(22)16(23)20-9-8-14(21)19-10-11-30-17(24)13-6-4-3-5-7-13/h3-7,15,22H,8-12H2,1-2H3,(H,19,21)(H,20,23)(H2,25,26,27)/t15-/m0/s1. The highest BCUT2D eigenvalue weighted by molar-refractivity contribution is 8.14. The highest BCUT2D eigenvalue weighted by Crippen LogP contribution is 2.38. The number of hydrogen-bond donors (Lipinski definition) is 5. The van der Waals surface area contributed by atoms with E-state index in [-0.39, 0.29) is 30.5 Å². The molecule has 1 aromatic carbocycles. The van der Waals surface area contributed by atoms with Crippen molar-refractivity contribution in [2.45, 2.75) is 26.4 Å². The molecule has 1 aromatic rings. The Hall–Kier alpha value is -1.75. The lowest BCUT2D eigenvalue weighted by atomic mass is 9.87. The number of phosphoric acid groups is 1. The van der Waals surface area contributed by atoms with E-state index >= 15 is 0 Å². The topological polar surface area (TPSA) is 162 Å². The highest BCUT2D eigenvalue weighted by atomic mass is 32.2. The summed E-state index contributed by atoms with van der Waals surface area (Å²) in [7, 11) is -4.72. The van der Waals surface area contributed by atoms with Crippen LogP contribution in [0.25, 0.3) is 0 Å². The highest BCUT2D eigenvalue weighted by Gasteiger charge is 2.35. The summed E-state index contributed by atoms with van der Waals surface area (Å²) >= 11 is 1.09. The van der Waals surface area contributed by atoms with E-state index in [0.717, 1.165) is 11.8 Å². The predicted molar refractivity (Wildman–Crippen MR) is 112 cm³/mol. The first-order chi connectivity index (χ1) is 13.9. The number of aliphatic hydroxyl groups excluding tert-OH is 1. The van der Waals surface area contributed by atoms with Crippen molar-refractivity contribution in [3.8, 4) is 0 Å². The molecule has 0 heterocycles. The summed E-state index contributed by atoms with van der Waals surface area (Å²) in [4.78, 5) is 53.1. The van der Waals surface area contributed by atoms with Crippen molar-refractivity contribution in [2.24, 2.45) is 5.41 Å². The maximum absolute atomic E-state index is 12.0. The summed E-state index contributed by atoms with van der Waals surface area (Å²) in [6.45, 7) is 2.53. The Kier molecular flexibility index (Phi) is 10.7. The van der Waals surface area contributed by atoms with Gasteiger partial charge in [0.2, 0.25) is 16.9 Å². The van der Waals surface area contributed by atoms with Crippen molar-refractivity contribution in [3.05, 3.63) is 35.9 Å². The smallest absolute Gasteiger partial charge is 0.383 e. The van der Waals surface area contributed by atoms with Crippen LogP contribution in [0.2, 0.25) is 0 Å². The van der Waals surface area contributed by atoms with Crippen LogP contribution in [0.4, 0.5) is 0 Å². The average molecular weight is 462 g/mol. The quantitative estimate of drug-likeness (QED) is 0.222. The van der Waals surface area contributed by atoms with Crippen LogP contribution in [0.5, 0.6) is 0 Å². The SMILES string of the molecule is CC(C)(COP(=O)(O)O)[C@@H](O)C(=O)NCCC(=O)NCCSC(=O)c1ccccc1. The molecule has 12 heteroatoms. The molecule has 1 atom stereocenters. The lowest BCUT2D eigenvalue weighted by Gasteiger charge is -2.29. The molecule has 0 aliphatic heterocycles. The van der Waals surface area contributed by atoms with Gasteiger partial charge in [-0.25, -0.2) is 4.57 Å². The second-order valence-electron chi connectivity index (χ2n) is 7.05. The van der Waals surface area contributed by atoms with Gasteiger partial charge in [-0.1, -0.05) is 55.9 Å². The van der Waals surface area contributed by atoms with Gasteiger partial charge in [-0.15, -0.1) is 0 Å².